The molecule has 0 heterocycles. The third-order valence-corrected chi connectivity index (χ3v) is 17.1. The van der Waals surface area contributed by atoms with Gasteiger partial charge in [0.2, 0.25) is 0 Å². The topological polar surface area (TPSA) is 111 Å². The Morgan fingerprint density at radius 2 is 0.505 bits per heavy atom. The van der Waals surface area contributed by atoms with Crippen LogP contribution < -0.4 is 5.11 Å². The van der Waals surface area contributed by atoms with Crippen molar-refractivity contribution in [2.75, 3.05) is 47.5 Å². The van der Waals surface area contributed by atoms with Crippen molar-refractivity contribution in [3.05, 3.63) is 243 Å². The predicted molar refractivity (Wildman–Crippen MR) is 462 cm³/mol. The van der Waals surface area contributed by atoms with Crippen molar-refractivity contribution in [1.82, 2.24) is 0 Å². The van der Waals surface area contributed by atoms with Gasteiger partial charge in [-0.3, -0.25) is 9.59 Å². The number of esters is 2. The average molecular weight is 1470 g/mol. The number of carbonyl (C=O) groups is 3. The molecule has 9 nitrogen and oxygen atoms in total. The van der Waals surface area contributed by atoms with Crippen LogP contribution in [-0.4, -0.2) is 82.3 Å². The van der Waals surface area contributed by atoms with Gasteiger partial charge in [-0.15, -0.1) is 0 Å². The van der Waals surface area contributed by atoms with Gasteiger partial charge in [0, 0.05) is 12.8 Å². The second kappa shape index (κ2) is 84.7. The number of rotatable bonds is 75. The summed E-state index contributed by atoms with van der Waals surface area (Å²) >= 11 is 0. The van der Waals surface area contributed by atoms with E-state index < -0.39 is 24.3 Å². The van der Waals surface area contributed by atoms with Gasteiger partial charge in [-0.05, 0) is 167 Å². The molecule has 0 aliphatic carbocycles. The molecule has 107 heavy (non-hydrogen) atoms. The van der Waals surface area contributed by atoms with Crippen molar-refractivity contribution in [1.29, 1.82) is 0 Å². The third-order valence-electron chi connectivity index (χ3n) is 17.1. The lowest BCUT2D eigenvalue weighted by Gasteiger charge is -2.26. The summed E-state index contributed by atoms with van der Waals surface area (Å²) in [4.78, 5) is 37.6. The van der Waals surface area contributed by atoms with Crippen LogP contribution in [0.3, 0.4) is 0 Å². The molecule has 0 fully saturated rings. The zero-order chi connectivity index (χ0) is 77.4. The van der Waals surface area contributed by atoms with Gasteiger partial charge in [0.1, 0.15) is 13.2 Å². The summed E-state index contributed by atoms with van der Waals surface area (Å²) in [6.45, 7) is 4.47. The Hall–Kier alpha value is -6.91. The number of nitrogens with zero attached hydrogens (tertiary/aromatic N) is 1. The van der Waals surface area contributed by atoms with E-state index in [-0.39, 0.29) is 38.6 Å². The highest BCUT2D eigenvalue weighted by atomic mass is 16.7. The van der Waals surface area contributed by atoms with Crippen molar-refractivity contribution >= 4 is 17.9 Å². The number of carboxylic acids is 1. The molecule has 0 saturated heterocycles. The van der Waals surface area contributed by atoms with Crippen LogP contribution in [0.4, 0.5) is 0 Å². The van der Waals surface area contributed by atoms with E-state index in [1.165, 1.54) is 89.9 Å². The van der Waals surface area contributed by atoms with Crippen molar-refractivity contribution < 1.29 is 42.9 Å². The Morgan fingerprint density at radius 3 is 0.748 bits per heavy atom. The standard InChI is InChI=1S/C98H153NO8/c1-6-8-10-12-14-16-18-20-22-24-26-28-30-32-34-36-38-40-42-44-46-48-50-52-54-56-58-60-62-64-66-68-70-72-74-76-78-80-82-84-86-88-95(100)105-92-94(93-106-98(97(102)103)104-91-90-99(3,4)5)107-96(101)89-87-85-83-81-79-77-75-73-71-69-67-65-63-61-59-57-55-53-51-49-47-45-43-41-39-37-35-33-31-29-27-25-23-21-19-17-15-13-11-9-7-2/h8-11,14-17,20-23,26-29,32-35,38-41,44-47,50-53,57,59,63,65,69,71,75,77,94,98H,6-7,12-13,18-19,24-25,30-31,36-37,42-43,48-49,54-56,58,60-62,64,66-68,70,72-74,76,78-93H2,1-5H3/b10-8-,11-9-,16-14-,17-15-,22-20-,23-21-,28-26-,29-27-,34-32-,35-33-,40-38-,41-39-,46-44-,47-45-,52-50-,53-51-,59-57-,65-63-,71-69-,77-75-. The summed E-state index contributed by atoms with van der Waals surface area (Å²) in [7, 11) is 5.91. The normalized spacial score (nSPS) is 13.9. The quantitative estimate of drug-likeness (QED) is 0.0195. The number of ether oxygens (including phenoxy) is 4. The summed E-state index contributed by atoms with van der Waals surface area (Å²) in [6, 6.07) is 0. The molecule has 598 valence electrons. The van der Waals surface area contributed by atoms with Crippen molar-refractivity contribution in [3.63, 3.8) is 0 Å². The molecule has 0 amide bonds. The van der Waals surface area contributed by atoms with E-state index >= 15 is 0 Å². The summed E-state index contributed by atoms with van der Waals surface area (Å²) in [5, 5.41) is 11.9. The molecule has 0 aromatic carbocycles. The molecule has 0 bridgehead atoms. The van der Waals surface area contributed by atoms with Crippen LogP contribution in [0.1, 0.15) is 296 Å². The fraction of sp³-hybridized carbons (Fsp3) is 0.561. The molecule has 0 rings (SSSR count). The van der Waals surface area contributed by atoms with Gasteiger partial charge in [-0.1, -0.05) is 360 Å². The molecule has 0 N–H and O–H groups in total. The second-order valence-electron chi connectivity index (χ2n) is 28.3. The summed E-state index contributed by atoms with van der Waals surface area (Å²) in [6.07, 6.45) is 133. The Balaban J connectivity index is 4.15. The van der Waals surface area contributed by atoms with Gasteiger partial charge in [0.15, 0.2) is 12.4 Å². The molecular weight excluding hydrogens is 1320 g/mol. The summed E-state index contributed by atoms with van der Waals surface area (Å²) < 4.78 is 22.8. The van der Waals surface area contributed by atoms with E-state index in [0.29, 0.717) is 17.4 Å². The molecule has 0 radical (unpaired) electrons. The fourth-order valence-corrected chi connectivity index (χ4v) is 10.8. The zero-order valence-electron chi connectivity index (χ0n) is 68.4. The second-order valence-corrected chi connectivity index (χ2v) is 28.3. The predicted octanol–water partition coefficient (Wildman–Crippen LogP) is 26.6. The molecule has 9 heteroatoms. The Kier molecular flexibility index (Phi) is 79.2. The lowest BCUT2D eigenvalue weighted by molar-refractivity contribution is -0.870. The van der Waals surface area contributed by atoms with Crippen LogP contribution in [-0.2, 0) is 33.3 Å². The summed E-state index contributed by atoms with van der Waals surface area (Å²) in [5.41, 5.74) is 0. The monoisotopic (exact) mass is 1470 g/mol. The van der Waals surface area contributed by atoms with Gasteiger partial charge in [-0.25, -0.2) is 0 Å². The fourth-order valence-electron chi connectivity index (χ4n) is 10.8. The molecule has 0 aromatic rings. The number of hydrogen-bond donors (Lipinski definition) is 0. The maximum atomic E-state index is 13.0. The van der Waals surface area contributed by atoms with Crippen LogP contribution >= 0.6 is 0 Å². The number of allylic oxidation sites excluding steroid dienone is 40. The first-order valence-corrected chi connectivity index (χ1v) is 42.2. The number of likely N-dealkylation sites (N-methyl/N-ethyl adjacent to an activating group) is 1. The molecule has 2 atom stereocenters. The molecule has 0 saturated carbocycles. The Labute approximate surface area is 656 Å². The van der Waals surface area contributed by atoms with Gasteiger partial charge >= 0.3 is 11.9 Å². The number of aliphatic carboxylic acids is 1. The van der Waals surface area contributed by atoms with Crippen LogP contribution in [0.15, 0.2) is 243 Å². The van der Waals surface area contributed by atoms with Crippen LogP contribution in [0, 0.1) is 0 Å². The number of carboxylic acid groups (broad SMARTS) is 1. The average Bonchev–Trinajstić information content (AvgIpc) is 0.965. The molecule has 0 aliphatic heterocycles. The SMILES string of the molecule is CC/C=C\C/C=C\C/C=C\C/C=C\C/C=C\C/C=C\C/C=C\C/C=C\C/C=C\C/C=C\C/C=C\C/C=C\CCCCCCC(=O)OC(COC(=O)CCCCCCCCCCCCCCCCCC/C=C\C/C=C\C/C=C\C/C=C\C/C=C\C/C=C\C/C=C\C/C=C\CC)COC(OCC[N+](C)(C)C)C(=O)[O-]. The minimum Gasteiger partial charge on any atom is -0.545 e. The maximum absolute atomic E-state index is 13.0. The lowest BCUT2D eigenvalue weighted by atomic mass is 10.0. The number of quaternary nitrogens is 1. The van der Waals surface area contributed by atoms with Gasteiger partial charge in [-0.2, -0.15) is 0 Å². The van der Waals surface area contributed by atoms with Crippen LogP contribution in [0.25, 0.3) is 0 Å². The van der Waals surface area contributed by atoms with Crippen molar-refractivity contribution in [2.24, 2.45) is 0 Å². The molecular formula is C98H153NO8. The lowest BCUT2D eigenvalue weighted by Crippen LogP contribution is -2.44. The largest absolute Gasteiger partial charge is 0.545 e. The van der Waals surface area contributed by atoms with E-state index in [1.54, 1.807) is 0 Å². The van der Waals surface area contributed by atoms with Crippen LogP contribution in [0.5, 0.6) is 0 Å². The van der Waals surface area contributed by atoms with Gasteiger partial charge in [0.25, 0.3) is 0 Å². The maximum Gasteiger partial charge on any atom is 0.306 e. The van der Waals surface area contributed by atoms with E-state index in [2.05, 4.69) is 257 Å². The van der Waals surface area contributed by atoms with E-state index in [1.807, 2.05) is 21.1 Å². The smallest absolute Gasteiger partial charge is 0.306 e. The van der Waals surface area contributed by atoms with E-state index in [0.717, 1.165) is 173 Å². The first kappa shape index (κ1) is 100. The minimum absolute atomic E-state index is 0.131. The molecule has 0 aliphatic rings. The third kappa shape index (κ3) is 86.2. The number of hydrogen-bond acceptors (Lipinski definition) is 8. The van der Waals surface area contributed by atoms with Crippen molar-refractivity contribution in [2.45, 2.75) is 309 Å². The highest BCUT2D eigenvalue weighted by Gasteiger charge is 2.22. The van der Waals surface area contributed by atoms with E-state index in [4.69, 9.17) is 18.9 Å². The number of carbonyl (C=O) groups excluding carboxylic acids is 3. The molecule has 0 aromatic heterocycles. The first-order valence-electron chi connectivity index (χ1n) is 42.2. The van der Waals surface area contributed by atoms with Crippen LogP contribution in [0.2, 0.25) is 0 Å². The highest BCUT2D eigenvalue weighted by molar-refractivity contribution is 5.70. The Bertz CT molecular complexity index is 2680. The van der Waals surface area contributed by atoms with Gasteiger partial charge < -0.3 is 33.3 Å². The molecule has 2 unspecified atom stereocenters. The first-order chi connectivity index (χ1) is 52.6. The zero-order valence-corrected chi connectivity index (χ0v) is 68.4. The highest BCUT2D eigenvalue weighted by Crippen LogP contribution is 2.17. The minimum atomic E-state index is -1.64. The summed E-state index contributed by atoms with van der Waals surface area (Å²) in [5.74, 6) is -2.33. The van der Waals surface area contributed by atoms with E-state index in [9.17, 15) is 19.5 Å². The molecule has 0 spiro atoms. The number of unbranched alkanes of at least 4 members (excludes halogenated alkanes) is 20. The Morgan fingerprint density at radius 1 is 0.280 bits per heavy atom. The van der Waals surface area contributed by atoms with Crippen molar-refractivity contribution in [3.8, 4) is 0 Å². The van der Waals surface area contributed by atoms with Gasteiger partial charge in [0.05, 0.1) is 40.3 Å².